The summed E-state index contributed by atoms with van der Waals surface area (Å²) in [6.07, 6.45) is 6.04. The first-order chi connectivity index (χ1) is 9.62. The molecule has 124 valence electrons. The zero-order chi connectivity index (χ0) is 16.1. The Bertz CT molecular complexity index is 448. The summed E-state index contributed by atoms with van der Waals surface area (Å²) in [5, 5.41) is 3.33. The molecule has 0 saturated heterocycles. The number of unbranched alkanes of at least 4 members (excludes halogenated alkanes) is 1. The van der Waals surface area contributed by atoms with Gasteiger partial charge in [0.1, 0.15) is 9.84 Å². The van der Waals surface area contributed by atoms with Gasteiger partial charge in [0, 0.05) is 18.8 Å². The summed E-state index contributed by atoms with van der Waals surface area (Å²) in [4.78, 5) is 13.6. The van der Waals surface area contributed by atoms with Crippen LogP contribution in [0.15, 0.2) is 0 Å². The number of nitrogens with one attached hydrogen (secondary N) is 1. The monoisotopic (exact) mass is 319 g/mol. The van der Waals surface area contributed by atoms with Gasteiger partial charge in [-0.05, 0) is 52.6 Å². The van der Waals surface area contributed by atoms with Gasteiger partial charge in [-0.15, -0.1) is 0 Å². The molecule has 1 amide bonds. The summed E-state index contributed by atoms with van der Waals surface area (Å²) in [5.41, 5.74) is 4.89. The molecule has 1 aliphatic rings. The molecule has 1 saturated carbocycles. The molecule has 21 heavy (non-hydrogen) atoms. The van der Waals surface area contributed by atoms with E-state index < -0.39 is 15.4 Å². The van der Waals surface area contributed by atoms with Gasteiger partial charge in [0.05, 0.1) is 11.3 Å². The highest BCUT2D eigenvalue weighted by atomic mass is 32.2. The number of primary amides is 1. The Balaban J connectivity index is 2.23. The molecular formula is C14H29N3O3S. The number of carbonyl (C=O) groups is 1. The number of amides is 1. The van der Waals surface area contributed by atoms with Crippen LogP contribution in [0, 0.1) is 0 Å². The highest BCUT2D eigenvalue weighted by Gasteiger charge is 2.36. The van der Waals surface area contributed by atoms with E-state index in [9.17, 15) is 13.2 Å². The van der Waals surface area contributed by atoms with Gasteiger partial charge in [-0.3, -0.25) is 4.79 Å². The minimum atomic E-state index is -2.90. The first kappa shape index (κ1) is 18.4. The molecule has 0 aliphatic heterocycles. The fourth-order valence-corrected chi connectivity index (χ4v) is 2.88. The Hall–Kier alpha value is -0.660. The Labute approximate surface area is 128 Å². The van der Waals surface area contributed by atoms with Crippen molar-refractivity contribution in [2.75, 3.05) is 32.1 Å². The topological polar surface area (TPSA) is 92.5 Å². The Morgan fingerprint density at radius 1 is 1.33 bits per heavy atom. The van der Waals surface area contributed by atoms with Crippen molar-refractivity contribution in [2.24, 2.45) is 5.73 Å². The summed E-state index contributed by atoms with van der Waals surface area (Å²) in [6, 6.07) is 0.444. The lowest BCUT2D eigenvalue weighted by Gasteiger charge is -2.28. The first-order valence-corrected chi connectivity index (χ1v) is 9.62. The van der Waals surface area contributed by atoms with Crippen LogP contribution < -0.4 is 11.1 Å². The molecule has 1 unspecified atom stereocenters. The van der Waals surface area contributed by atoms with Crippen LogP contribution in [-0.4, -0.2) is 63.0 Å². The van der Waals surface area contributed by atoms with Crippen LogP contribution in [0.25, 0.3) is 0 Å². The predicted octanol–water partition coefficient (Wildman–Crippen LogP) is 0.129. The van der Waals surface area contributed by atoms with Crippen LogP contribution in [-0.2, 0) is 14.6 Å². The van der Waals surface area contributed by atoms with Gasteiger partial charge in [-0.25, -0.2) is 8.42 Å². The summed E-state index contributed by atoms with van der Waals surface area (Å²) in [6.45, 7) is 3.25. The Kier molecular flexibility index (Phi) is 6.62. The molecule has 1 rings (SSSR count). The third-order valence-corrected chi connectivity index (χ3v) is 4.88. The number of nitrogens with two attached hydrogens (primary N) is 1. The second-order valence-corrected chi connectivity index (χ2v) is 8.76. The van der Waals surface area contributed by atoms with Crippen molar-refractivity contribution in [2.45, 2.75) is 50.6 Å². The molecule has 0 spiro atoms. The quantitative estimate of drug-likeness (QED) is 0.528. The fourth-order valence-electron chi connectivity index (χ4n) is 2.24. The lowest BCUT2D eigenvalue weighted by molar-refractivity contribution is -0.124. The van der Waals surface area contributed by atoms with Crippen LogP contribution >= 0.6 is 0 Å². The summed E-state index contributed by atoms with van der Waals surface area (Å²) < 4.78 is 22.2. The average molecular weight is 319 g/mol. The minimum absolute atomic E-state index is 0.186. The van der Waals surface area contributed by atoms with Crippen LogP contribution in [0.4, 0.5) is 0 Å². The van der Waals surface area contributed by atoms with Gasteiger partial charge < -0.3 is 16.0 Å². The molecule has 0 radical (unpaired) electrons. The molecule has 0 aromatic rings. The lowest BCUT2D eigenvalue weighted by atomic mass is 9.93. The van der Waals surface area contributed by atoms with Crippen LogP contribution in [0.2, 0.25) is 0 Å². The molecule has 3 N–H and O–H groups in total. The van der Waals surface area contributed by atoms with Crippen molar-refractivity contribution in [1.82, 2.24) is 10.2 Å². The number of sulfone groups is 1. The molecular weight excluding hydrogens is 290 g/mol. The number of rotatable bonds is 11. The normalized spacial score (nSPS) is 18.7. The molecule has 1 fully saturated rings. The summed E-state index contributed by atoms with van der Waals surface area (Å²) >= 11 is 0. The summed E-state index contributed by atoms with van der Waals surface area (Å²) in [7, 11) is -0.986. The Morgan fingerprint density at radius 2 is 1.95 bits per heavy atom. The second kappa shape index (κ2) is 7.56. The van der Waals surface area contributed by atoms with Gasteiger partial charge in [-0.1, -0.05) is 0 Å². The highest BCUT2D eigenvalue weighted by molar-refractivity contribution is 7.90. The van der Waals surface area contributed by atoms with Gasteiger partial charge in [0.2, 0.25) is 5.91 Å². The maximum atomic E-state index is 11.6. The van der Waals surface area contributed by atoms with E-state index >= 15 is 0 Å². The largest absolute Gasteiger partial charge is 0.368 e. The van der Waals surface area contributed by atoms with Gasteiger partial charge in [-0.2, -0.15) is 0 Å². The minimum Gasteiger partial charge on any atom is -0.368 e. The SMILES string of the molecule is CN(CCCCC(C)(NC1CC1)C(N)=O)CCS(C)(=O)=O. The second-order valence-electron chi connectivity index (χ2n) is 6.51. The highest BCUT2D eigenvalue weighted by Crippen LogP contribution is 2.25. The standard InChI is InChI=1S/C14H29N3O3S/c1-14(13(15)18,16-12-6-7-12)8-4-5-9-17(2)10-11-21(3,19)20/h12,16H,4-11H2,1-3H3,(H2,15,18). The molecule has 0 aromatic carbocycles. The molecule has 0 aromatic heterocycles. The smallest absolute Gasteiger partial charge is 0.237 e. The zero-order valence-electron chi connectivity index (χ0n) is 13.4. The molecule has 7 heteroatoms. The van der Waals surface area contributed by atoms with E-state index in [4.69, 9.17) is 5.73 Å². The van der Waals surface area contributed by atoms with Crippen molar-refractivity contribution >= 4 is 15.7 Å². The van der Waals surface area contributed by atoms with Crippen molar-refractivity contribution in [3.8, 4) is 0 Å². The third-order valence-electron chi connectivity index (χ3n) is 3.95. The maximum Gasteiger partial charge on any atom is 0.237 e. The number of carbonyl (C=O) groups excluding carboxylic acids is 1. The van der Waals surface area contributed by atoms with Crippen molar-refractivity contribution < 1.29 is 13.2 Å². The molecule has 1 atom stereocenters. The van der Waals surface area contributed by atoms with Gasteiger partial charge >= 0.3 is 0 Å². The van der Waals surface area contributed by atoms with Crippen LogP contribution in [0.5, 0.6) is 0 Å². The van der Waals surface area contributed by atoms with E-state index in [1.807, 2.05) is 18.9 Å². The Morgan fingerprint density at radius 3 is 2.43 bits per heavy atom. The van der Waals surface area contributed by atoms with E-state index in [1.165, 1.54) is 6.26 Å². The van der Waals surface area contributed by atoms with E-state index in [1.54, 1.807) is 0 Å². The van der Waals surface area contributed by atoms with E-state index in [0.29, 0.717) is 12.6 Å². The van der Waals surface area contributed by atoms with Gasteiger partial charge in [0.15, 0.2) is 0 Å². The molecule has 6 nitrogen and oxygen atoms in total. The third kappa shape index (κ3) is 7.78. The van der Waals surface area contributed by atoms with Gasteiger partial charge in [0.25, 0.3) is 0 Å². The van der Waals surface area contributed by atoms with Crippen LogP contribution in [0.1, 0.15) is 39.0 Å². The molecule has 1 aliphatic carbocycles. The van der Waals surface area contributed by atoms with E-state index in [-0.39, 0.29) is 11.7 Å². The predicted molar refractivity (Wildman–Crippen MR) is 84.8 cm³/mol. The summed E-state index contributed by atoms with van der Waals surface area (Å²) in [5.74, 6) is -0.106. The number of hydrogen-bond acceptors (Lipinski definition) is 5. The molecule has 0 bridgehead atoms. The van der Waals surface area contributed by atoms with E-state index in [2.05, 4.69) is 5.32 Å². The van der Waals surface area contributed by atoms with Crippen molar-refractivity contribution in [1.29, 1.82) is 0 Å². The lowest BCUT2D eigenvalue weighted by Crippen LogP contribution is -2.54. The fraction of sp³-hybridized carbons (Fsp3) is 0.929. The first-order valence-electron chi connectivity index (χ1n) is 7.56. The van der Waals surface area contributed by atoms with E-state index in [0.717, 1.165) is 38.6 Å². The number of nitrogens with zero attached hydrogens (tertiary/aromatic N) is 1. The average Bonchev–Trinajstić information content (AvgIpc) is 3.15. The number of hydrogen-bond donors (Lipinski definition) is 2. The van der Waals surface area contributed by atoms with Crippen molar-refractivity contribution in [3.63, 3.8) is 0 Å². The van der Waals surface area contributed by atoms with Crippen molar-refractivity contribution in [3.05, 3.63) is 0 Å². The van der Waals surface area contributed by atoms with Crippen LogP contribution in [0.3, 0.4) is 0 Å². The zero-order valence-corrected chi connectivity index (χ0v) is 14.2. The molecule has 0 heterocycles. The maximum absolute atomic E-state index is 11.6.